The number of hydrogen-bond acceptors (Lipinski definition) is 4. The molecule has 1 heterocycles. The quantitative estimate of drug-likeness (QED) is 0.804. The predicted molar refractivity (Wildman–Crippen MR) is 102 cm³/mol. The number of carboxylic acid groups (broad SMARTS) is 1. The second kappa shape index (κ2) is 9.69. The van der Waals surface area contributed by atoms with Crippen LogP contribution in [0.5, 0.6) is 0 Å². The summed E-state index contributed by atoms with van der Waals surface area (Å²) in [5, 5.41) is 8.97. The molecule has 2 atom stereocenters. The van der Waals surface area contributed by atoms with Crippen LogP contribution in [0, 0.1) is 0 Å². The van der Waals surface area contributed by atoms with Crippen LogP contribution in [-0.2, 0) is 16.1 Å². The Bertz CT molecular complexity index is 593. The van der Waals surface area contributed by atoms with Crippen molar-refractivity contribution in [3.05, 3.63) is 35.9 Å². The highest BCUT2D eigenvalue weighted by molar-refractivity contribution is 5.81. The Morgan fingerprint density at radius 2 is 1.88 bits per heavy atom. The van der Waals surface area contributed by atoms with Crippen LogP contribution >= 0.6 is 0 Å². The second-order valence-corrected chi connectivity index (χ2v) is 7.30. The van der Waals surface area contributed by atoms with Crippen LogP contribution in [0.4, 0.5) is 0 Å². The molecule has 144 valence electrons. The fourth-order valence-corrected chi connectivity index (χ4v) is 3.54. The zero-order valence-corrected chi connectivity index (χ0v) is 16.1. The Labute approximate surface area is 156 Å². The van der Waals surface area contributed by atoms with E-state index in [4.69, 9.17) is 5.11 Å². The normalized spacial score (nSPS) is 19.4. The maximum absolute atomic E-state index is 12.9. The topological polar surface area (TPSA) is 64.1 Å². The van der Waals surface area contributed by atoms with Gasteiger partial charge in [0.25, 0.3) is 0 Å². The number of likely N-dealkylation sites (tertiary alicyclic amines) is 1. The molecule has 0 bridgehead atoms. The van der Waals surface area contributed by atoms with Crippen LogP contribution in [0.25, 0.3) is 0 Å². The minimum Gasteiger partial charge on any atom is -0.480 e. The minimum atomic E-state index is -0.805. The standard InChI is InChI=1S/C20H31N3O3/c1-16(21(2)14-17-8-5-4-6-9-17)20(26)23-12-7-10-18(11-13-23)22(3)15-19(24)25/h4-6,8-9,16,18H,7,10-15H2,1-3H3,(H,24,25)/t16-,18+/m1/s1. The lowest BCUT2D eigenvalue weighted by Crippen LogP contribution is -2.46. The molecule has 0 spiro atoms. The van der Waals surface area contributed by atoms with E-state index >= 15 is 0 Å². The number of likely N-dealkylation sites (N-methyl/N-ethyl adjacent to an activating group) is 2. The fourth-order valence-electron chi connectivity index (χ4n) is 3.54. The average molecular weight is 361 g/mol. The van der Waals surface area contributed by atoms with Crippen LogP contribution in [0.15, 0.2) is 30.3 Å². The SMILES string of the molecule is C[C@H](C(=O)N1CCC[C@H](N(C)CC(=O)O)CC1)N(C)Cc1ccccc1. The molecule has 1 aromatic rings. The number of nitrogens with zero attached hydrogens (tertiary/aromatic N) is 3. The predicted octanol–water partition coefficient (Wildman–Crippen LogP) is 1.90. The molecule has 6 nitrogen and oxygen atoms in total. The van der Waals surface area contributed by atoms with Gasteiger partial charge in [0.2, 0.25) is 5.91 Å². The summed E-state index contributed by atoms with van der Waals surface area (Å²) in [7, 11) is 3.84. The van der Waals surface area contributed by atoms with Crippen molar-refractivity contribution in [2.75, 3.05) is 33.7 Å². The van der Waals surface area contributed by atoms with Gasteiger partial charge in [0.1, 0.15) is 0 Å². The molecule has 0 aliphatic carbocycles. The summed E-state index contributed by atoms with van der Waals surface area (Å²) < 4.78 is 0. The monoisotopic (exact) mass is 361 g/mol. The van der Waals surface area contributed by atoms with E-state index in [2.05, 4.69) is 17.0 Å². The number of hydrogen-bond donors (Lipinski definition) is 1. The number of aliphatic carboxylic acids is 1. The molecule has 0 saturated carbocycles. The van der Waals surface area contributed by atoms with Crippen molar-refractivity contribution in [2.45, 2.75) is 44.8 Å². The highest BCUT2D eigenvalue weighted by atomic mass is 16.4. The Kier molecular flexibility index (Phi) is 7.60. The minimum absolute atomic E-state index is 0.0504. The summed E-state index contributed by atoms with van der Waals surface area (Å²) in [6, 6.07) is 10.2. The highest BCUT2D eigenvalue weighted by Gasteiger charge is 2.28. The molecular formula is C20H31N3O3. The van der Waals surface area contributed by atoms with Gasteiger partial charge < -0.3 is 10.0 Å². The maximum atomic E-state index is 12.9. The zero-order chi connectivity index (χ0) is 19.1. The van der Waals surface area contributed by atoms with Crippen molar-refractivity contribution in [1.82, 2.24) is 14.7 Å². The molecule has 2 rings (SSSR count). The van der Waals surface area contributed by atoms with E-state index in [1.807, 2.05) is 49.0 Å². The van der Waals surface area contributed by atoms with Gasteiger partial charge in [-0.3, -0.25) is 19.4 Å². The van der Waals surface area contributed by atoms with Gasteiger partial charge in [0.15, 0.2) is 0 Å². The van der Waals surface area contributed by atoms with Crippen molar-refractivity contribution in [3.8, 4) is 0 Å². The second-order valence-electron chi connectivity index (χ2n) is 7.30. The van der Waals surface area contributed by atoms with Crippen molar-refractivity contribution >= 4 is 11.9 Å². The van der Waals surface area contributed by atoms with Gasteiger partial charge in [0, 0.05) is 25.7 Å². The third kappa shape index (κ3) is 5.81. The molecule has 0 aromatic heterocycles. The summed E-state index contributed by atoms with van der Waals surface area (Å²) in [5.74, 6) is -0.647. The number of carbonyl (C=O) groups is 2. The van der Waals surface area contributed by atoms with Crippen LogP contribution in [0.2, 0.25) is 0 Å². The maximum Gasteiger partial charge on any atom is 0.317 e. The molecular weight excluding hydrogens is 330 g/mol. The molecule has 0 unspecified atom stereocenters. The van der Waals surface area contributed by atoms with Crippen LogP contribution in [-0.4, -0.2) is 77.5 Å². The number of benzene rings is 1. The van der Waals surface area contributed by atoms with E-state index < -0.39 is 5.97 Å². The Morgan fingerprint density at radius 1 is 1.19 bits per heavy atom. The molecule has 1 fully saturated rings. The van der Waals surface area contributed by atoms with Crippen LogP contribution < -0.4 is 0 Å². The van der Waals surface area contributed by atoms with Gasteiger partial charge >= 0.3 is 5.97 Å². The molecule has 1 aliphatic heterocycles. The summed E-state index contributed by atoms with van der Waals surface area (Å²) in [4.78, 5) is 29.7. The summed E-state index contributed by atoms with van der Waals surface area (Å²) in [5.41, 5.74) is 1.20. The highest BCUT2D eigenvalue weighted by Crippen LogP contribution is 2.17. The molecule has 26 heavy (non-hydrogen) atoms. The number of carbonyl (C=O) groups excluding carboxylic acids is 1. The van der Waals surface area contributed by atoms with Gasteiger partial charge in [-0.1, -0.05) is 30.3 Å². The Morgan fingerprint density at radius 3 is 2.54 bits per heavy atom. The molecule has 1 aliphatic rings. The van der Waals surface area contributed by atoms with E-state index in [1.54, 1.807) is 0 Å². The Balaban J connectivity index is 1.89. The van der Waals surface area contributed by atoms with Crippen molar-refractivity contribution in [1.29, 1.82) is 0 Å². The molecule has 1 aromatic carbocycles. The summed E-state index contributed by atoms with van der Waals surface area (Å²) in [6.07, 6.45) is 2.67. The van der Waals surface area contributed by atoms with Crippen LogP contribution in [0.3, 0.4) is 0 Å². The number of carboxylic acids is 1. The first-order valence-corrected chi connectivity index (χ1v) is 9.33. The fraction of sp³-hybridized carbons (Fsp3) is 0.600. The van der Waals surface area contributed by atoms with Crippen molar-refractivity contribution in [2.24, 2.45) is 0 Å². The summed E-state index contributed by atoms with van der Waals surface area (Å²) >= 11 is 0. The largest absolute Gasteiger partial charge is 0.480 e. The lowest BCUT2D eigenvalue weighted by atomic mass is 10.1. The van der Waals surface area contributed by atoms with Crippen molar-refractivity contribution < 1.29 is 14.7 Å². The first-order chi connectivity index (χ1) is 12.4. The number of amides is 1. The molecule has 6 heteroatoms. The van der Waals surface area contributed by atoms with E-state index in [-0.39, 0.29) is 24.5 Å². The van der Waals surface area contributed by atoms with Gasteiger partial charge in [0.05, 0.1) is 12.6 Å². The van der Waals surface area contributed by atoms with Gasteiger partial charge in [-0.25, -0.2) is 0 Å². The van der Waals surface area contributed by atoms with Gasteiger partial charge in [-0.2, -0.15) is 0 Å². The smallest absolute Gasteiger partial charge is 0.317 e. The first kappa shape index (κ1) is 20.4. The first-order valence-electron chi connectivity index (χ1n) is 9.33. The third-order valence-electron chi connectivity index (χ3n) is 5.31. The number of rotatable bonds is 7. The zero-order valence-electron chi connectivity index (χ0n) is 16.1. The van der Waals surface area contributed by atoms with E-state index in [0.717, 1.165) is 32.4 Å². The molecule has 1 saturated heterocycles. The van der Waals surface area contributed by atoms with Gasteiger partial charge in [-0.15, -0.1) is 0 Å². The lowest BCUT2D eigenvalue weighted by Gasteiger charge is -2.30. The molecule has 1 N–H and O–H groups in total. The Hall–Kier alpha value is -1.92. The lowest BCUT2D eigenvalue weighted by molar-refractivity contribution is -0.139. The van der Waals surface area contributed by atoms with E-state index in [9.17, 15) is 9.59 Å². The third-order valence-corrected chi connectivity index (χ3v) is 5.31. The molecule has 1 amide bonds. The molecule has 0 radical (unpaired) electrons. The van der Waals surface area contributed by atoms with Crippen LogP contribution in [0.1, 0.15) is 31.7 Å². The van der Waals surface area contributed by atoms with E-state index in [1.165, 1.54) is 5.56 Å². The van der Waals surface area contributed by atoms with Gasteiger partial charge in [-0.05, 0) is 45.8 Å². The van der Waals surface area contributed by atoms with Crippen molar-refractivity contribution in [3.63, 3.8) is 0 Å². The van der Waals surface area contributed by atoms with E-state index in [0.29, 0.717) is 6.54 Å². The average Bonchev–Trinajstić information content (AvgIpc) is 2.87. The summed E-state index contributed by atoms with van der Waals surface area (Å²) in [6.45, 7) is 4.20.